The van der Waals surface area contributed by atoms with Crippen LogP contribution >= 0.6 is 0 Å². The fraction of sp³-hybridized carbons (Fsp3) is 0.562. The summed E-state index contributed by atoms with van der Waals surface area (Å²) in [6, 6.07) is 5.82. The van der Waals surface area contributed by atoms with Gasteiger partial charge in [0.1, 0.15) is 11.8 Å². The number of piperazine rings is 1. The molecule has 0 radical (unpaired) electrons. The molecule has 0 aliphatic carbocycles. The highest BCUT2D eigenvalue weighted by molar-refractivity contribution is 5.77. The van der Waals surface area contributed by atoms with Crippen LogP contribution < -0.4 is 4.74 Å². The van der Waals surface area contributed by atoms with Crippen molar-refractivity contribution in [2.75, 3.05) is 32.8 Å². The van der Waals surface area contributed by atoms with Gasteiger partial charge in [-0.2, -0.15) is 0 Å². The Labute approximate surface area is 137 Å². The summed E-state index contributed by atoms with van der Waals surface area (Å²) in [6.07, 6.45) is -3.92. The number of hydrogen-bond acceptors (Lipinski definition) is 5. The van der Waals surface area contributed by atoms with E-state index in [1.165, 1.54) is 12.1 Å². The van der Waals surface area contributed by atoms with E-state index in [0.717, 1.165) is 38.2 Å². The SMILES string of the molecule is O=C1OCCC1N1CCN(Cc2ccc(OC(F)(F)F)cc2)CC1. The van der Waals surface area contributed by atoms with Gasteiger partial charge in [-0.3, -0.25) is 14.6 Å². The maximum atomic E-state index is 12.1. The monoisotopic (exact) mass is 344 g/mol. The Kier molecular flexibility index (Phi) is 4.96. The molecule has 2 fully saturated rings. The van der Waals surface area contributed by atoms with Gasteiger partial charge in [0.25, 0.3) is 0 Å². The molecule has 2 aliphatic heterocycles. The molecule has 132 valence electrons. The molecular weight excluding hydrogens is 325 g/mol. The van der Waals surface area contributed by atoms with Crippen molar-refractivity contribution in [1.29, 1.82) is 0 Å². The first kappa shape index (κ1) is 17.0. The van der Waals surface area contributed by atoms with E-state index in [4.69, 9.17) is 4.74 Å². The minimum absolute atomic E-state index is 0.119. The zero-order valence-corrected chi connectivity index (χ0v) is 13.1. The first-order valence-corrected chi connectivity index (χ1v) is 7.88. The smallest absolute Gasteiger partial charge is 0.464 e. The normalized spacial score (nSPS) is 23.3. The quantitative estimate of drug-likeness (QED) is 0.782. The summed E-state index contributed by atoms with van der Waals surface area (Å²) < 4.78 is 45.3. The van der Waals surface area contributed by atoms with Crippen LogP contribution in [-0.4, -0.2) is 61.0 Å². The number of hydrogen-bond donors (Lipinski definition) is 0. The zero-order chi connectivity index (χ0) is 17.2. The molecular formula is C16H19F3N2O3. The van der Waals surface area contributed by atoms with Crippen LogP contribution in [-0.2, 0) is 16.1 Å². The highest BCUT2D eigenvalue weighted by atomic mass is 19.4. The van der Waals surface area contributed by atoms with Crippen LogP contribution in [0.15, 0.2) is 24.3 Å². The predicted molar refractivity (Wildman–Crippen MR) is 79.3 cm³/mol. The van der Waals surface area contributed by atoms with Crippen LogP contribution in [0.5, 0.6) is 5.75 Å². The Morgan fingerprint density at radius 3 is 2.33 bits per heavy atom. The summed E-state index contributed by atoms with van der Waals surface area (Å²) in [5.41, 5.74) is 0.929. The lowest BCUT2D eigenvalue weighted by Gasteiger charge is -2.36. The lowest BCUT2D eigenvalue weighted by Crippen LogP contribution is -2.51. The molecule has 1 aromatic rings. The average Bonchev–Trinajstić information content (AvgIpc) is 2.95. The van der Waals surface area contributed by atoms with E-state index in [-0.39, 0.29) is 17.8 Å². The predicted octanol–water partition coefficient (Wildman–Crippen LogP) is 2.02. The van der Waals surface area contributed by atoms with Crippen LogP contribution in [0.2, 0.25) is 0 Å². The molecule has 0 N–H and O–H groups in total. The van der Waals surface area contributed by atoms with Crippen molar-refractivity contribution in [2.45, 2.75) is 25.4 Å². The van der Waals surface area contributed by atoms with Gasteiger partial charge in [-0.1, -0.05) is 12.1 Å². The second-order valence-corrected chi connectivity index (χ2v) is 5.98. The molecule has 1 unspecified atom stereocenters. The van der Waals surface area contributed by atoms with Gasteiger partial charge in [0, 0.05) is 39.1 Å². The van der Waals surface area contributed by atoms with Gasteiger partial charge in [-0.25, -0.2) is 0 Å². The minimum atomic E-state index is -4.67. The Balaban J connectivity index is 1.48. The summed E-state index contributed by atoms with van der Waals surface area (Å²) in [4.78, 5) is 16.0. The van der Waals surface area contributed by atoms with E-state index in [9.17, 15) is 18.0 Å². The number of nitrogens with zero attached hydrogens (tertiary/aromatic N) is 2. The standard InChI is InChI=1S/C16H19F3N2O3/c17-16(18,19)24-13-3-1-12(2-4-13)11-20-6-8-21(9-7-20)14-5-10-23-15(14)22/h1-4,14H,5-11H2. The summed E-state index contributed by atoms with van der Waals surface area (Å²) in [5, 5.41) is 0. The first-order chi connectivity index (χ1) is 11.4. The molecule has 2 saturated heterocycles. The van der Waals surface area contributed by atoms with Gasteiger partial charge >= 0.3 is 12.3 Å². The second kappa shape index (κ2) is 6.98. The van der Waals surface area contributed by atoms with E-state index in [1.807, 2.05) is 0 Å². The number of alkyl halides is 3. The lowest BCUT2D eigenvalue weighted by molar-refractivity contribution is -0.274. The molecule has 8 heteroatoms. The van der Waals surface area contributed by atoms with Gasteiger partial charge in [0.2, 0.25) is 0 Å². The van der Waals surface area contributed by atoms with Crippen molar-refractivity contribution in [3.63, 3.8) is 0 Å². The van der Waals surface area contributed by atoms with Crippen molar-refractivity contribution in [3.05, 3.63) is 29.8 Å². The third kappa shape index (κ3) is 4.39. The van der Waals surface area contributed by atoms with Crippen LogP contribution in [0.4, 0.5) is 13.2 Å². The summed E-state index contributed by atoms with van der Waals surface area (Å²) in [5.74, 6) is -0.348. The molecule has 3 rings (SSSR count). The number of esters is 1. The van der Waals surface area contributed by atoms with Crippen molar-refractivity contribution < 1.29 is 27.4 Å². The topological polar surface area (TPSA) is 42.0 Å². The molecule has 2 heterocycles. The Bertz CT molecular complexity index is 569. The third-order valence-electron chi connectivity index (χ3n) is 4.32. The van der Waals surface area contributed by atoms with Crippen molar-refractivity contribution >= 4 is 5.97 Å². The van der Waals surface area contributed by atoms with Crippen molar-refractivity contribution in [1.82, 2.24) is 9.80 Å². The second-order valence-electron chi connectivity index (χ2n) is 5.98. The summed E-state index contributed by atoms with van der Waals surface area (Å²) >= 11 is 0. The van der Waals surface area contributed by atoms with E-state index in [1.54, 1.807) is 12.1 Å². The van der Waals surface area contributed by atoms with Crippen LogP contribution in [0.3, 0.4) is 0 Å². The maximum absolute atomic E-state index is 12.1. The van der Waals surface area contributed by atoms with Crippen LogP contribution in [0.25, 0.3) is 0 Å². The van der Waals surface area contributed by atoms with Crippen LogP contribution in [0.1, 0.15) is 12.0 Å². The lowest BCUT2D eigenvalue weighted by atomic mass is 10.1. The highest BCUT2D eigenvalue weighted by Gasteiger charge is 2.34. The van der Waals surface area contributed by atoms with Gasteiger partial charge in [-0.15, -0.1) is 13.2 Å². The molecule has 0 aromatic heterocycles. The number of rotatable bonds is 4. The first-order valence-electron chi connectivity index (χ1n) is 7.88. The molecule has 1 atom stereocenters. The number of benzene rings is 1. The maximum Gasteiger partial charge on any atom is 0.573 e. The molecule has 24 heavy (non-hydrogen) atoms. The molecule has 0 amide bonds. The zero-order valence-electron chi connectivity index (χ0n) is 13.1. The van der Waals surface area contributed by atoms with Crippen molar-refractivity contribution in [2.24, 2.45) is 0 Å². The van der Waals surface area contributed by atoms with Gasteiger partial charge in [0.05, 0.1) is 6.61 Å². The minimum Gasteiger partial charge on any atom is -0.464 e. The summed E-state index contributed by atoms with van der Waals surface area (Å²) in [6.45, 7) is 4.35. The molecule has 1 aromatic carbocycles. The van der Waals surface area contributed by atoms with Gasteiger partial charge in [0.15, 0.2) is 0 Å². The largest absolute Gasteiger partial charge is 0.573 e. The average molecular weight is 344 g/mol. The van der Waals surface area contributed by atoms with Gasteiger partial charge < -0.3 is 9.47 Å². The Hall–Kier alpha value is -1.80. The number of ether oxygens (including phenoxy) is 2. The van der Waals surface area contributed by atoms with Crippen molar-refractivity contribution in [3.8, 4) is 5.75 Å². The number of halogens is 3. The van der Waals surface area contributed by atoms with E-state index < -0.39 is 6.36 Å². The summed E-state index contributed by atoms with van der Waals surface area (Å²) in [7, 11) is 0. The fourth-order valence-electron chi connectivity index (χ4n) is 3.10. The number of cyclic esters (lactones) is 1. The van der Waals surface area contributed by atoms with E-state index in [2.05, 4.69) is 14.5 Å². The van der Waals surface area contributed by atoms with E-state index >= 15 is 0 Å². The number of carbonyl (C=O) groups is 1. The van der Waals surface area contributed by atoms with Gasteiger partial charge in [-0.05, 0) is 17.7 Å². The molecule has 0 spiro atoms. The van der Waals surface area contributed by atoms with Crippen LogP contribution in [0, 0.1) is 0 Å². The molecule has 5 nitrogen and oxygen atoms in total. The van der Waals surface area contributed by atoms with E-state index in [0.29, 0.717) is 13.2 Å². The number of carbonyl (C=O) groups excluding carboxylic acids is 1. The fourth-order valence-corrected chi connectivity index (χ4v) is 3.10. The third-order valence-corrected chi connectivity index (χ3v) is 4.32. The molecule has 2 aliphatic rings. The Morgan fingerprint density at radius 1 is 1.12 bits per heavy atom. The Morgan fingerprint density at radius 2 is 1.79 bits per heavy atom. The molecule has 0 saturated carbocycles. The molecule has 0 bridgehead atoms. The highest BCUT2D eigenvalue weighted by Crippen LogP contribution is 2.23.